The van der Waals surface area contributed by atoms with E-state index in [1.54, 1.807) is 0 Å². The molecule has 2 aromatic carbocycles. The van der Waals surface area contributed by atoms with Gasteiger partial charge in [-0.15, -0.1) is 0 Å². The zero-order chi connectivity index (χ0) is 25.8. The van der Waals surface area contributed by atoms with Gasteiger partial charge in [-0.3, -0.25) is 24.1 Å². The molecule has 0 saturated carbocycles. The zero-order valence-corrected chi connectivity index (χ0v) is 20.1. The van der Waals surface area contributed by atoms with Crippen molar-refractivity contribution in [1.29, 1.82) is 0 Å². The van der Waals surface area contributed by atoms with Crippen LogP contribution < -0.4 is 20.9 Å². The van der Waals surface area contributed by atoms with E-state index < -0.39 is 18.0 Å². The highest BCUT2D eigenvalue weighted by molar-refractivity contribution is 6.08. The van der Waals surface area contributed by atoms with Crippen molar-refractivity contribution in [2.75, 3.05) is 11.4 Å². The Bertz CT molecular complexity index is 1310. The van der Waals surface area contributed by atoms with Crippen molar-refractivity contribution in [3.05, 3.63) is 77.1 Å². The Kier molecular flexibility index (Phi) is 6.93. The summed E-state index contributed by atoms with van der Waals surface area (Å²) < 4.78 is 0. The molecule has 5 rings (SSSR count). The molecule has 0 spiro atoms. The second-order valence-corrected chi connectivity index (χ2v) is 9.13. The van der Waals surface area contributed by atoms with Crippen molar-refractivity contribution in [2.24, 2.45) is 0 Å². The average molecular weight is 502 g/mol. The number of carbonyl (C=O) groups is 4. The molecule has 0 radical (unpaired) electrons. The molecule has 3 heterocycles. The van der Waals surface area contributed by atoms with Crippen LogP contribution in [0, 0.1) is 0 Å². The van der Waals surface area contributed by atoms with E-state index in [2.05, 4.69) is 31.4 Å². The summed E-state index contributed by atoms with van der Waals surface area (Å²) in [6, 6.07) is 13.5. The Morgan fingerprint density at radius 2 is 1.81 bits per heavy atom. The number of aryl methyl sites for hydroxylation is 1. The summed E-state index contributed by atoms with van der Waals surface area (Å²) in [6.07, 6.45) is 3.03. The minimum absolute atomic E-state index is 0.160. The normalized spacial score (nSPS) is 18.1. The molecule has 3 aromatic rings. The van der Waals surface area contributed by atoms with Crippen LogP contribution in [0.5, 0.6) is 0 Å². The highest BCUT2D eigenvalue weighted by atomic mass is 16.2. The van der Waals surface area contributed by atoms with Crippen LogP contribution in [0.3, 0.4) is 0 Å². The first-order chi connectivity index (χ1) is 18.0. The molecule has 37 heavy (non-hydrogen) atoms. The van der Waals surface area contributed by atoms with E-state index in [4.69, 9.17) is 0 Å². The summed E-state index contributed by atoms with van der Waals surface area (Å²) in [5.41, 5.74) is 4.06. The Morgan fingerprint density at radius 3 is 2.59 bits per heavy atom. The average Bonchev–Trinajstić information content (AvgIpc) is 3.54. The van der Waals surface area contributed by atoms with E-state index in [0.29, 0.717) is 25.0 Å². The van der Waals surface area contributed by atoms with E-state index in [9.17, 15) is 19.2 Å². The number of anilines is 1. The summed E-state index contributed by atoms with van der Waals surface area (Å²) in [6.45, 7) is -0.0603. The Balaban J connectivity index is 1.24. The molecule has 2 aliphatic rings. The lowest BCUT2D eigenvalue weighted by molar-refractivity contribution is -0.130. The number of rotatable bonds is 8. The third-order valence-electron chi connectivity index (χ3n) is 6.61. The summed E-state index contributed by atoms with van der Waals surface area (Å²) in [5.74, 6) is -1.39. The van der Waals surface area contributed by atoms with E-state index in [1.165, 1.54) is 11.1 Å². The largest absolute Gasteiger partial charge is 0.348 e. The van der Waals surface area contributed by atoms with Gasteiger partial charge in [-0.1, -0.05) is 48.5 Å². The molecular formula is C26H27N7O4. The van der Waals surface area contributed by atoms with Gasteiger partial charge in [0.15, 0.2) is 0 Å². The Hall–Kier alpha value is -4.54. The smallest absolute Gasteiger partial charge is 0.250 e. The lowest BCUT2D eigenvalue weighted by Crippen LogP contribution is -2.55. The molecule has 2 atom stereocenters. The number of aromatic amines is 1. The van der Waals surface area contributed by atoms with Crippen molar-refractivity contribution in [3.63, 3.8) is 0 Å². The monoisotopic (exact) mass is 501 g/mol. The predicted octanol–water partition coefficient (Wildman–Crippen LogP) is 0.169. The molecule has 190 valence electrons. The first-order valence-electron chi connectivity index (χ1n) is 12.2. The third kappa shape index (κ3) is 5.35. The summed E-state index contributed by atoms with van der Waals surface area (Å²) in [7, 11) is 0. The second kappa shape index (κ2) is 10.6. The van der Waals surface area contributed by atoms with E-state index in [0.717, 1.165) is 22.4 Å². The number of carbonyl (C=O) groups excluding carboxylic acids is 4. The van der Waals surface area contributed by atoms with Crippen LogP contribution in [-0.4, -0.2) is 57.7 Å². The molecule has 11 heteroatoms. The molecule has 0 fully saturated rings. The van der Waals surface area contributed by atoms with Gasteiger partial charge in [0.25, 0.3) is 0 Å². The van der Waals surface area contributed by atoms with Crippen LogP contribution in [0.4, 0.5) is 5.69 Å². The maximum Gasteiger partial charge on any atom is 0.250 e. The number of H-pyrrole nitrogens is 1. The number of aromatic nitrogens is 3. The van der Waals surface area contributed by atoms with Crippen molar-refractivity contribution < 1.29 is 19.2 Å². The number of nitrogens with zero attached hydrogens (tertiary/aromatic N) is 3. The van der Waals surface area contributed by atoms with E-state index in [-0.39, 0.29) is 37.2 Å². The predicted molar refractivity (Wildman–Crippen MR) is 133 cm³/mol. The van der Waals surface area contributed by atoms with Gasteiger partial charge < -0.3 is 16.0 Å². The number of benzene rings is 2. The summed E-state index contributed by atoms with van der Waals surface area (Å²) in [4.78, 5) is 53.2. The van der Waals surface area contributed by atoms with Gasteiger partial charge in [0.1, 0.15) is 17.8 Å². The third-order valence-corrected chi connectivity index (χ3v) is 6.61. The molecule has 4 amide bonds. The van der Waals surface area contributed by atoms with Crippen LogP contribution in [0.15, 0.2) is 54.7 Å². The van der Waals surface area contributed by atoms with Gasteiger partial charge in [0.2, 0.25) is 23.6 Å². The summed E-state index contributed by atoms with van der Waals surface area (Å²) >= 11 is 0. The van der Waals surface area contributed by atoms with Gasteiger partial charge in [0, 0.05) is 6.42 Å². The standard InChI is InChI=1S/C26H27N7O4/c34-22(11-16-5-2-1-3-6-16)27-15-23(35)30-20-10-9-17-7-4-8-18-12-21(33(24(17)18)26(20)37)25(36)28-13-19-14-29-32-31-19/h1-8,14,20-21H,9-13,15H2,(H,27,34)(H,28,36)(H,30,35)(H,29,31,32)/t20-,21-/m0/s1. The number of hydrogen-bond donors (Lipinski definition) is 4. The highest BCUT2D eigenvalue weighted by Crippen LogP contribution is 2.39. The fraction of sp³-hybridized carbons (Fsp3) is 0.308. The Labute approximate surface area is 213 Å². The van der Waals surface area contributed by atoms with Gasteiger partial charge >= 0.3 is 0 Å². The van der Waals surface area contributed by atoms with Crippen molar-refractivity contribution in [2.45, 2.75) is 44.3 Å². The van der Waals surface area contributed by atoms with E-state index >= 15 is 0 Å². The maximum atomic E-state index is 13.7. The fourth-order valence-electron chi connectivity index (χ4n) is 4.85. The molecule has 0 aliphatic carbocycles. The van der Waals surface area contributed by atoms with Crippen LogP contribution in [0.1, 0.15) is 28.8 Å². The lowest BCUT2D eigenvalue weighted by atomic mass is 10.0. The number of amides is 4. The quantitative estimate of drug-likeness (QED) is 0.346. The first-order valence-corrected chi connectivity index (χ1v) is 12.2. The number of hydrogen-bond acceptors (Lipinski definition) is 6. The van der Waals surface area contributed by atoms with Crippen LogP contribution >= 0.6 is 0 Å². The minimum Gasteiger partial charge on any atom is -0.348 e. The van der Waals surface area contributed by atoms with Gasteiger partial charge in [0.05, 0.1) is 31.4 Å². The number of nitrogens with one attached hydrogen (secondary N) is 4. The molecule has 0 bridgehead atoms. The molecule has 4 N–H and O–H groups in total. The van der Waals surface area contributed by atoms with Gasteiger partial charge in [-0.05, 0) is 29.5 Å². The molecular weight excluding hydrogens is 474 g/mol. The van der Waals surface area contributed by atoms with Gasteiger partial charge in [-0.25, -0.2) is 0 Å². The van der Waals surface area contributed by atoms with Crippen LogP contribution in [0.2, 0.25) is 0 Å². The maximum absolute atomic E-state index is 13.7. The van der Waals surface area contributed by atoms with E-state index in [1.807, 2.05) is 48.5 Å². The Morgan fingerprint density at radius 1 is 1.00 bits per heavy atom. The first kappa shape index (κ1) is 24.2. The van der Waals surface area contributed by atoms with Crippen molar-refractivity contribution in [3.8, 4) is 0 Å². The fourth-order valence-corrected chi connectivity index (χ4v) is 4.85. The minimum atomic E-state index is -0.817. The van der Waals surface area contributed by atoms with Gasteiger partial charge in [-0.2, -0.15) is 15.4 Å². The van der Waals surface area contributed by atoms with Crippen molar-refractivity contribution >= 4 is 29.3 Å². The molecule has 1 aromatic heterocycles. The summed E-state index contributed by atoms with van der Waals surface area (Å²) in [5, 5.41) is 18.4. The second-order valence-electron chi connectivity index (χ2n) is 9.13. The van der Waals surface area contributed by atoms with Crippen LogP contribution in [0.25, 0.3) is 0 Å². The molecule has 11 nitrogen and oxygen atoms in total. The zero-order valence-electron chi connectivity index (χ0n) is 20.1. The SMILES string of the molecule is O=C(Cc1ccccc1)NCC(=O)N[C@H]1CCc2cccc3c2N(C1=O)[C@H](C(=O)NCc1cn[nH]n1)C3. The highest BCUT2D eigenvalue weighted by Gasteiger charge is 2.43. The molecule has 0 unspecified atom stereocenters. The lowest BCUT2D eigenvalue weighted by Gasteiger charge is -2.27. The molecule has 2 aliphatic heterocycles. The topological polar surface area (TPSA) is 149 Å². The van der Waals surface area contributed by atoms with Crippen LogP contribution in [-0.2, 0) is 45.0 Å². The molecule has 0 saturated heterocycles. The van der Waals surface area contributed by atoms with Crippen molar-refractivity contribution in [1.82, 2.24) is 31.4 Å². The number of para-hydroxylation sites is 1.